The van der Waals surface area contributed by atoms with Gasteiger partial charge in [0.25, 0.3) is 5.91 Å². The molecule has 0 saturated carbocycles. The normalized spacial score (nSPS) is 19.0. The fraction of sp³-hybridized carbons (Fsp3) is 0.300. The van der Waals surface area contributed by atoms with Crippen molar-refractivity contribution in [2.45, 2.75) is 18.4 Å². The average molecular weight is 350 g/mol. The van der Waals surface area contributed by atoms with Crippen molar-refractivity contribution in [3.8, 4) is 0 Å². The third-order valence-electron chi connectivity index (χ3n) is 5.03. The molecule has 6 nitrogen and oxygen atoms in total. The standard InChI is InChI=1S/C20H22N4O2/c21-20(26)18-17-8-4-5-10-24(17)22-19(18)16(14-6-2-1-3-7-14)13-23-11-9-15(25)12-23/h1-8,10,15-16,25H,9,11-13H2,(H2,21,26)/t15-,16+/m0/s1. The summed E-state index contributed by atoms with van der Waals surface area (Å²) < 4.78 is 1.71. The van der Waals surface area contributed by atoms with E-state index >= 15 is 0 Å². The highest BCUT2D eigenvalue weighted by Crippen LogP contribution is 2.30. The van der Waals surface area contributed by atoms with Crippen molar-refractivity contribution in [2.24, 2.45) is 5.73 Å². The van der Waals surface area contributed by atoms with E-state index in [1.165, 1.54) is 0 Å². The van der Waals surface area contributed by atoms with Crippen LogP contribution in [0.15, 0.2) is 54.7 Å². The summed E-state index contributed by atoms with van der Waals surface area (Å²) in [4.78, 5) is 14.5. The zero-order valence-electron chi connectivity index (χ0n) is 14.5. The van der Waals surface area contributed by atoms with Crippen LogP contribution in [0.2, 0.25) is 0 Å². The van der Waals surface area contributed by atoms with Crippen LogP contribution in [-0.4, -0.2) is 51.3 Å². The van der Waals surface area contributed by atoms with Crippen LogP contribution in [0.25, 0.3) is 5.52 Å². The Morgan fingerprint density at radius 1 is 1.23 bits per heavy atom. The van der Waals surface area contributed by atoms with Gasteiger partial charge in [-0.15, -0.1) is 0 Å². The largest absolute Gasteiger partial charge is 0.392 e. The van der Waals surface area contributed by atoms with Gasteiger partial charge in [-0.05, 0) is 24.1 Å². The highest BCUT2D eigenvalue weighted by molar-refractivity contribution is 6.01. The van der Waals surface area contributed by atoms with E-state index < -0.39 is 5.91 Å². The molecule has 1 aliphatic heterocycles. The molecule has 3 heterocycles. The lowest BCUT2D eigenvalue weighted by molar-refractivity contribution is 0.1000. The Morgan fingerprint density at radius 2 is 2.00 bits per heavy atom. The number of hydrogen-bond acceptors (Lipinski definition) is 4. The van der Waals surface area contributed by atoms with Gasteiger partial charge in [0.1, 0.15) is 0 Å². The summed E-state index contributed by atoms with van der Waals surface area (Å²) in [6.45, 7) is 2.16. The summed E-state index contributed by atoms with van der Waals surface area (Å²) in [6, 6.07) is 15.7. The van der Waals surface area contributed by atoms with Gasteiger partial charge >= 0.3 is 0 Å². The second kappa shape index (κ2) is 6.90. The van der Waals surface area contributed by atoms with E-state index in [2.05, 4.69) is 4.90 Å². The molecule has 1 amide bonds. The fourth-order valence-corrected chi connectivity index (χ4v) is 3.78. The highest BCUT2D eigenvalue weighted by atomic mass is 16.3. The highest BCUT2D eigenvalue weighted by Gasteiger charge is 2.30. The zero-order valence-corrected chi connectivity index (χ0v) is 14.5. The van der Waals surface area contributed by atoms with E-state index in [0.717, 1.165) is 24.0 Å². The Bertz CT molecular complexity index is 922. The van der Waals surface area contributed by atoms with Gasteiger partial charge in [0.2, 0.25) is 0 Å². The van der Waals surface area contributed by atoms with Gasteiger partial charge in [0, 0.05) is 31.7 Å². The molecule has 2 aromatic heterocycles. The molecule has 1 saturated heterocycles. The number of fused-ring (bicyclic) bond motifs is 1. The molecule has 134 valence electrons. The van der Waals surface area contributed by atoms with E-state index in [-0.39, 0.29) is 12.0 Å². The third-order valence-corrected chi connectivity index (χ3v) is 5.03. The molecule has 1 fully saturated rings. The number of aliphatic hydroxyl groups excluding tert-OH is 1. The minimum Gasteiger partial charge on any atom is -0.392 e. The van der Waals surface area contributed by atoms with Crippen LogP contribution in [0.3, 0.4) is 0 Å². The maximum absolute atomic E-state index is 12.2. The number of amides is 1. The number of rotatable bonds is 5. The number of aromatic nitrogens is 2. The predicted molar refractivity (Wildman–Crippen MR) is 99.1 cm³/mol. The van der Waals surface area contributed by atoms with Gasteiger partial charge in [-0.3, -0.25) is 9.69 Å². The average Bonchev–Trinajstić information content (AvgIpc) is 3.23. The van der Waals surface area contributed by atoms with Gasteiger partial charge in [0.15, 0.2) is 0 Å². The SMILES string of the molecule is NC(=O)c1c([C@H](CN2CC[C@H](O)C2)c2ccccc2)nn2ccccc12. The number of primary amides is 1. The Kier molecular flexibility index (Phi) is 4.44. The summed E-state index contributed by atoms with van der Waals surface area (Å²) in [7, 11) is 0. The van der Waals surface area contributed by atoms with E-state index in [9.17, 15) is 9.90 Å². The molecule has 0 bridgehead atoms. The number of benzene rings is 1. The second-order valence-electron chi connectivity index (χ2n) is 6.82. The Balaban J connectivity index is 1.82. The van der Waals surface area contributed by atoms with Crippen molar-refractivity contribution in [3.63, 3.8) is 0 Å². The lowest BCUT2D eigenvalue weighted by Crippen LogP contribution is -2.29. The van der Waals surface area contributed by atoms with Gasteiger partial charge in [0.05, 0.1) is 22.9 Å². The predicted octanol–water partition coefficient (Wildman–Crippen LogP) is 1.63. The fourth-order valence-electron chi connectivity index (χ4n) is 3.78. The number of nitrogens with zero attached hydrogens (tertiary/aromatic N) is 3. The molecule has 0 aliphatic carbocycles. The number of carbonyl (C=O) groups excluding carboxylic acids is 1. The van der Waals surface area contributed by atoms with Gasteiger partial charge in [-0.25, -0.2) is 4.52 Å². The lowest BCUT2D eigenvalue weighted by atomic mass is 9.92. The van der Waals surface area contributed by atoms with Crippen molar-refractivity contribution in [1.82, 2.24) is 14.5 Å². The van der Waals surface area contributed by atoms with Gasteiger partial charge in [-0.2, -0.15) is 5.10 Å². The van der Waals surface area contributed by atoms with E-state index in [0.29, 0.717) is 24.3 Å². The van der Waals surface area contributed by atoms with Crippen molar-refractivity contribution in [2.75, 3.05) is 19.6 Å². The number of β-amino-alcohol motifs (C(OH)–C–C–N with tert-alkyl or cyclic N) is 1. The molecular formula is C20H22N4O2. The maximum atomic E-state index is 12.2. The first-order chi connectivity index (χ1) is 12.6. The molecule has 3 aromatic rings. The van der Waals surface area contributed by atoms with Crippen molar-refractivity contribution < 1.29 is 9.90 Å². The summed E-state index contributed by atoms with van der Waals surface area (Å²) in [5, 5.41) is 14.6. The van der Waals surface area contributed by atoms with E-state index in [1.54, 1.807) is 4.52 Å². The van der Waals surface area contributed by atoms with Crippen LogP contribution >= 0.6 is 0 Å². The zero-order chi connectivity index (χ0) is 18.1. The van der Waals surface area contributed by atoms with Crippen LogP contribution in [0, 0.1) is 0 Å². The molecule has 0 unspecified atom stereocenters. The number of hydrogen-bond donors (Lipinski definition) is 2. The molecule has 3 N–H and O–H groups in total. The summed E-state index contributed by atoms with van der Waals surface area (Å²) in [5.41, 5.74) is 8.69. The topological polar surface area (TPSA) is 83.9 Å². The molecule has 1 aromatic carbocycles. The first-order valence-electron chi connectivity index (χ1n) is 8.86. The minimum absolute atomic E-state index is 0.0936. The molecule has 0 radical (unpaired) electrons. The van der Waals surface area contributed by atoms with Gasteiger partial charge in [-0.1, -0.05) is 36.4 Å². The Morgan fingerprint density at radius 3 is 2.69 bits per heavy atom. The molecule has 6 heteroatoms. The van der Waals surface area contributed by atoms with Crippen LogP contribution in [-0.2, 0) is 0 Å². The number of likely N-dealkylation sites (tertiary alicyclic amines) is 1. The van der Waals surface area contributed by atoms with E-state index in [4.69, 9.17) is 10.8 Å². The number of carbonyl (C=O) groups is 1. The Hall–Kier alpha value is -2.70. The quantitative estimate of drug-likeness (QED) is 0.733. The van der Waals surface area contributed by atoms with Crippen LogP contribution < -0.4 is 5.73 Å². The first kappa shape index (κ1) is 16.8. The van der Waals surface area contributed by atoms with Crippen molar-refractivity contribution in [1.29, 1.82) is 0 Å². The Labute approximate surface area is 151 Å². The molecule has 4 rings (SSSR count). The van der Waals surface area contributed by atoms with Crippen LogP contribution in [0.5, 0.6) is 0 Å². The second-order valence-corrected chi connectivity index (χ2v) is 6.82. The van der Waals surface area contributed by atoms with Crippen LogP contribution in [0.4, 0.5) is 0 Å². The first-order valence-corrected chi connectivity index (χ1v) is 8.86. The summed E-state index contributed by atoms with van der Waals surface area (Å²) in [5.74, 6) is -0.563. The van der Waals surface area contributed by atoms with Crippen molar-refractivity contribution >= 4 is 11.4 Å². The molecule has 1 aliphatic rings. The monoisotopic (exact) mass is 350 g/mol. The molecular weight excluding hydrogens is 328 g/mol. The van der Waals surface area contributed by atoms with Gasteiger partial charge < -0.3 is 10.8 Å². The van der Waals surface area contributed by atoms with Crippen molar-refractivity contribution in [3.05, 3.63) is 71.5 Å². The minimum atomic E-state index is -0.469. The molecule has 0 spiro atoms. The van der Waals surface area contributed by atoms with E-state index in [1.807, 2.05) is 54.7 Å². The molecule has 26 heavy (non-hydrogen) atoms. The maximum Gasteiger partial charge on any atom is 0.252 e. The lowest BCUT2D eigenvalue weighted by Gasteiger charge is -2.23. The third kappa shape index (κ3) is 3.09. The molecule has 2 atom stereocenters. The number of nitrogens with two attached hydrogens (primary N) is 1. The summed E-state index contributed by atoms with van der Waals surface area (Å²) in [6.07, 6.45) is 2.31. The van der Waals surface area contributed by atoms with Crippen LogP contribution in [0.1, 0.15) is 34.0 Å². The smallest absolute Gasteiger partial charge is 0.252 e. The number of pyridine rings is 1. The number of aliphatic hydroxyl groups is 1. The summed E-state index contributed by atoms with van der Waals surface area (Å²) >= 11 is 0.